The number of amides is 1. The number of rotatable bonds is 10. The monoisotopic (exact) mass is 402 g/mol. The number of carboxylic acids is 1. The number of carboxylic acid groups (broad SMARTS) is 1. The van der Waals surface area contributed by atoms with Crippen molar-refractivity contribution in [3.05, 3.63) is 52.8 Å². The van der Waals surface area contributed by atoms with Gasteiger partial charge in [0.1, 0.15) is 37.1 Å². The molecule has 9 heteroatoms. The second-order valence-electron chi connectivity index (χ2n) is 6.08. The Morgan fingerprint density at radius 1 is 1.21 bits per heavy atom. The molecule has 9 nitrogen and oxygen atoms in total. The van der Waals surface area contributed by atoms with Gasteiger partial charge in [-0.15, -0.1) is 0 Å². The molecular formula is C20H22N2O7. The van der Waals surface area contributed by atoms with Crippen LogP contribution >= 0.6 is 0 Å². The van der Waals surface area contributed by atoms with Gasteiger partial charge in [-0.1, -0.05) is 13.0 Å². The number of carbonyl (C=O) groups is 3. The van der Waals surface area contributed by atoms with Gasteiger partial charge in [0.15, 0.2) is 5.78 Å². The zero-order valence-corrected chi connectivity index (χ0v) is 16.1. The van der Waals surface area contributed by atoms with E-state index in [1.807, 2.05) is 6.92 Å². The van der Waals surface area contributed by atoms with Crippen molar-refractivity contribution in [3.8, 4) is 11.5 Å². The van der Waals surface area contributed by atoms with Gasteiger partial charge in [-0.05, 0) is 37.1 Å². The molecule has 0 aliphatic heterocycles. The van der Waals surface area contributed by atoms with Crippen LogP contribution in [0.15, 0.2) is 30.3 Å². The van der Waals surface area contributed by atoms with Crippen LogP contribution in [0.2, 0.25) is 0 Å². The lowest BCUT2D eigenvalue weighted by atomic mass is 10.0. The lowest BCUT2D eigenvalue weighted by Gasteiger charge is -2.13. The number of nitrogens with one attached hydrogen (secondary N) is 1. The fraction of sp³-hybridized carbons (Fsp3) is 0.300. The molecule has 0 bridgehead atoms. The Labute approximate surface area is 167 Å². The third-order valence-electron chi connectivity index (χ3n) is 3.91. The van der Waals surface area contributed by atoms with Crippen LogP contribution in [0.1, 0.15) is 46.0 Å². The number of aryl methyl sites for hydroxylation is 1. The Morgan fingerprint density at radius 2 is 1.97 bits per heavy atom. The number of aromatic nitrogens is 1. The molecule has 0 unspecified atom stereocenters. The highest BCUT2D eigenvalue weighted by atomic mass is 16.5. The molecule has 154 valence electrons. The Hall–Kier alpha value is -3.46. The predicted octanol–water partition coefficient (Wildman–Crippen LogP) is 1.92. The predicted molar refractivity (Wildman–Crippen MR) is 102 cm³/mol. The summed E-state index contributed by atoms with van der Waals surface area (Å²) in [5.41, 5.74) is 1.59. The van der Waals surface area contributed by atoms with Gasteiger partial charge in [0, 0.05) is 6.07 Å². The number of Topliss-reactive ketones (excluding diaryl/α,β-unsaturated/α-hetero) is 1. The molecule has 0 aliphatic carbocycles. The minimum atomic E-state index is -1.13. The molecule has 0 spiro atoms. The Balaban J connectivity index is 2.04. The fourth-order valence-corrected chi connectivity index (χ4v) is 2.49. The van der Waals surface area contributed by atoms with Crippen LogP contribution < -0.4 is 10.1 Å². The van der Waals surface area contributed by atoms with Crippen LogP contribution in [-0.4, -0.2) is 46.2 Å². The Morgan fingerprint density at radius 3 is 2.62 bits per heavy atom. The number of phenolic OH excluding ortho intramolecular Hbond substituents is 1. The van der Waals surface area contributed by atoms with Gasteiger partial charge < -0.3 is 25.0 Å². The summed E-state index contributed by atoms with van der Waals surface area (Å²) in [4.78, 5) is 38.2. The van der Waals surface area contributed by atoms with Gasteiger partial charge in [0.05, 0.1) is 11.3 Å². The highest BCUT2D eigenvalue weighted by Gasteiger charge is 2.14. The molecule has 0 saturated heterocycles. The summed E-state index contributed by atoms with van der Waals surface area (Å²) in [7, 11) is 0. The van der Waals surface area contributed by atoms with Crippen molar-refractivity contribution < 1.29 is 34.1 Å². The average molecular weight is 402 g/mol. The van der Waals surface area contributed by atoms with Gasteiger partial charge in [-0.3, -0.25) is 9.59 Å². The lowest BCUT2D eigenvalue weighted by Crippen LogP contribution is -2.28. The smallest absolute Gasteiger partial charge is 0.329 e. The third kappa shape index (κ3) is 6.28. The molecule has 1 aromatic carbocycles. The molecule has 1 aromatic heterocycles. The number of aromatic hydroxyl groups is 1. The van der Waals surface area contributed by atoms with E-state index in [4.69, 9.17) is 14.6 Å². The van der Waals surface area contributed by atoms with Crippen LogP contribution in [0.3, 0.4) is 0 Å². The summed E-state index contributed by atoms with van der Waals surface area (Å²) < 4.78 is 10.5. The average Bonchev–Trinajstić information content (AvgIpc) is 2.69. The molecule has 3 N–H and O–H groups in total. The van der Waals surface area contributed by atoms with E-state index in [1.165, 1.54) is 19.1 Å². The second-order valence-corrected chi connectivity index (χ2v) is 6.08. The van der Waals surface area contributed by atoms with Gasteiger partial charge in [-0.2, -0.15) is 0 Å². The standard InChI is InChI=1S/C20H22N2O7/c1-3-13-7-15(12(2)23)17(24)8-18(13)29-9-14-5-4-6-16(22-14)20(27)21-11-28-10-19(25)26/h4-8,24H,3,9-11H2,1-2H3,(H,21,27)(H,25,26). The van der Waals surface area contributed by atoms with Crippen molar-refractivity contribution in [2.75, 3.05) is 13.3 Å². The molecular weight excluding hydrogens is 380 g/mol. The molecule has 0 radical (unpaired) electrons. The molecule has 0 saturated carbocycles. The number of ether oxygens (including phenoxy) is 2. The van der Waals surface area contributed by atoms with Gasteiger partial charge in [0.25, 0.3) is 5.91 Å². The van der Waals surface area contributed by atoms with Crippen molar-refractivity contribution in [2.45, 2.75) is 26.9 Å². The molecule has 2 rings (SSSR count). The first kappa shape index (κ1) is 21.8. The number of benzene rings is 1. The van der Waals surface area contributed by atoms with E-state index in [2.05, 4.69) is 10.3 Å². The lowest BCUT2D eigenvalue weighted by molar-refractivity contribution is -0.142. The van der Waals surface area contributed by atoms with Crippen LogP contribution in [0.5, 0.6) is 11.5 Å². The number of nitrogens with zero attached hydrogens (tertiary/aromatic N) is 1. The van der Waals surface area contributed by atoms with E-state index in [1.54, 1.807) is 18.2 Å². The molecule has 0 aliphatic rings. The van der Waals surface area contributed by atoms with E-state index >= 15 is 0 Å². The van der Waals surface area contributed by atoms with Crippen molar-refractivity contribution in [3.63, 3.8) is 0 Å². The number of phenols is 1. The van der Waals surface area contributed by atoms with Crippen molar-refractivity contribution in [1.29, 1.82) is 0 Å². The molecule has 1 heterocycles. The second kappa shape index (κ2) is 10.2. The van der Waals surface area contributed by atoms with Gasteiger partial charge in [0.2, 0.25) is 0 Å². The minimum absolute atomic E-state index is 0.0441. The van der Waals surface area contributed by atoms with Gasteiger partial charge >= 0.3 is 5.97 Å². The first-order chi connectivity index (χ1) is 13.8. The summed E-state index contributed by atoms with van der Waals surface area (Å²) in [6.07, 6.45) is 0.599. The van der Waals surface area contributed by atoms with E-state index < -0.39 is 18.5 Å². The van der Waals surface area contributed by atoms with E-state index in [9.17, 15) is 19.5 Å². The summed E-state index contributed by atoms with van der Waals surface area (Å²) in [5.74, 6) is -1.63. The molecule has 2 aromatic rings. The molecule has 0 atom stereocenters. The number of aliphatic carboxylic acids is 1. The summed E-state index contributed by atoms with van der Waals surface area (Å²) >= 11 is 0. The Bertz CT molecular complexity index is 912. The first-order valence-corrected chi connectivity index (χ1v) is 8.85. The molecule has 29 heavy (non-hydrogen) atoms. The van der Waals surface area contributed by atoms with Crippen molar-refractivity contribution in [1.82, 2.24) is 10.3 Å². The fourth-order valence-electron chi connectivity index (χ4n) is 2.49. The number of pyridine rings is 1. The van der Waals surface area contributed by atoms with Crippen molar-refractivity contribution >= 4 is 17.7 Å². The van der Waals surface area contributed by atoms with Crippen molar-refractivity contribution in [2.24, 2.45) is 0 Å². The van der Waals surface area contributed by atoms with E-state index in [0.717, 1.165) is 5.56 Å². The zero-order valence-electron chi connectivity index (χ0n) is 16.1. The summed E-state index contributed by atoms with van der Waals surface area (Å²) in [5, 5.41) is 20.9. The zero-order chi connectivity index (χ0) is 21.4. The molecule has 0 fully saturated rings. The van der Waals surface area contributed by atoms with Crippen LogP contribution in [0.4, 0.5) is 0 Å². The Kier molecular flexibility index (Phi) is 7.67. The normalized spacial score (nSPS) is 10.4. The summed E-state index contributed by atoms with van der Waals surface area (Å²) in [6.45, 7) is 2.55. The number of hydrogen-bond donors (Lipinski definition) is 3. The maximum Gasteiger partial charge on any atom is 0.329 e. The highest BCUT2D eigenvalue weighted by Crippen LogP contribution is 2.29. The number of hydrogen-bond acceptors (Lipinski definition) is 7. The van der Waals surface area contributed by atoms with Crippen LogP contribution in [0, 0.1) is 0 Å². The van der Waals surface area contributed by atoms with Crippen LogP contribution in [0.25, 0.3) is 0 Å². The summed E-state index contributed by atoms with van der Waals surface area (Å²) in [6, 6.07) is 7.80. The maximum atomic E-state index is 12.1. The third-order valence-corrected chi connectivity index (χ3v) is 3.91. The number of carbonyl (C=O) groups excluding carboxylic acids is 2. The van der Waals surface area contributed by atoms with Gasteiger partial charge in [-0.25, -0.2) is 9.78 Å². The SMILES string of the molecule is CCc1cc(C(C)=O)c(O)cc1OCc1cccc(C(=O)NCOCC(=O)O)n1. The van der Waals surface area contributed by atoms with Crippen LogP contribution in [-0.2, 0) is 22.6 Å². The van der Waals surface area contributed by atoms with E-state index in [-0.39, 0.29) is 36.1 Å². The largest absolute Gasteiger partial charge is 0.507 e. The maximum absolute atomic E-state index is 12.1. The van der Waals surface area contributed by atoms with E-state index in [0.29, 0.717) is 17.9 Å². The molecule has 1 amide bonds. The number of ketones is 1. The first-order valence-electron chi connectivity index (χ1n) is 8.85. The highest BCUT2D eigenvalue weighted by molar-refractivity contribution is 5.97. The quantitative estimate of drug-likeness (QED) is 0.312. The minimum Gasteiger partial charge on any atom is -0.507 e. The topological polar surface area (TPSA) is 135 Å².